The first-order valence-electron chi connectivity index (χ1n) is 5.84. The second-order valence-corrected chi connectivity index (χ2v) is 4.36. The number of hydrogen-bond acceptors (Lipinski definition) is 3. The van der Waals surface area contributed by atoms with E-state index >= 15 is 0 Å². The molecule has 0 bridgehead atoms. The lowest BCUT2D eigenvalue weighted by Crippen LogP contribution is -2.42. The van der Waals surface area contributed by atoms with Crippen molar-refractivity contribution in [2.24, 2.45) is 0 Å². The number of nitrogens with zero attached hydrogens (tertiary/aromatic N) is 1. The van der Waals surface area contributed by atoms with Gasteiger partial charge in [0.15, 0.2) is 0 Å². The van der Waals surface area contributed by atoms with Gasteiger partial charge in [-0.1, -0.05) is 30.3 Å². The average molecular weight is 235 g/mol. The number of rotatable bonds is 4. The van der Waals surface area contributed by atoms with E-state index in [1.807, 2.05) is 30.3 Å². The van der Waals surface area contributed by atoms with Crippen molar-refractivity contribution in [2.75, 3.05) is 6.61 Å². The normalized spacial score (nSPS) is 21.9. The van der Waals surface area contributed by atoms with Crippen LogP contribution in [0, 0.1) is 0 Å². The van der Waals surface area contributed by atoms with E-state index in [9.17, 15) is 9.90 Å². The van der Waals surface area contributed by atoms with Gasteiger partial charge in [-0.25, -0.2) is 0 Å². The molecule has 1 aliphatic heterocycles. The molecule has 1 aromatic carbocycles. The van der Waals surface area contributed by atoms with E-state index in [0.29, 0.717) is 19.4 Å². The molecule has 1 saturated heterocycles. The first-order chi connectivity index (χ1) is 8.22. The third kappa shape index (κ3) is 2.65. The Labute approximate surface area is 100 Å². The van der Waals surface area contributed by atoms with Gasteiger partial charge in [0.05, 0.1) is 18.8 Å². The monoisotopic (exact) mass is 235 g/mol. The molecule has 1 fully saturated rings. The molecular formula is C13H17NO3. The van der Waals surface area contributed by atoms with E-state index in [4.69, 9.17) is 5.11 Å². The van der Waals surface area contributed by atoms with Crippen LogP contribution in [0.25, 0.3) is 0 Å². The van der Waals surface area contributed by atoms with Crippen LogP contribution in [0.5, 0.6) is 0 Å². The van der Waals surface area contributed by atoms with Gasteiger partial charge in [0.2, 0.25) is 5.91 Å². The van der Waals surface area contributed by atoms with Crippen molar-refractivity contribution in [3.63, 3.8) is 0 Å². The molecule has 17 heavy (non-hydrogen) atoms. The van der Waals surface area contributed by atoms with Gasteiger partial charge < -0.3 is 15.1 Å². The van der Waals surface area contributed by atoms with Gasteiger partial charge >= 0.3 is 0 Å². The fourth-order valence-corrected chi connectivity index (χ4v) is 2.26. The van der Waals surface area contributed by atoms with Crippen LogP contribution in [0.2, 0.25) is 0 Å². The summed E-state index contributed by atoms with van der Waals surface area (Å²) in [7, 11) is 0. The highest BCUT2D eigenvalue weighted by Crippen LogP contribution is 2.23. The van der Waals surface area contributed by atoms with Gasteiger partial charge in [-0.15, -0.1) is 0 Å². The molecule has 1 amide bonds. The zero-order valence-corrected chi connectivity index (χ0v) is 9.62. The van der Waals surface area contributed by atoms with Crippen molar-refractivity contribution in [2.45, 2.75) is 31.5 Å². The summed E-state index contributed by atoms with van der Waals surface area (Å²) in [6.07, 6.45) is 0.229. The maximum Gasteiger partial charge on any atom is 0.223 e. The van der Waals surface area contributed by atoms with Gasteiger partial charge in [0.25, 0.3) is 0 Å². The molecule has 92 valence electrons. The highest BCUT2D eigenvalue weighted by atomic mass is 16.3. The number of likely N-dealkylation sites (tertiary alicyclic amines) is 1. The van der Waals surface area contributed by atoms with E-state index in [1.165, 1.54) is 0 Å². The predicted molar refractivity (Wildman–Crippen MR) is 63.1 cm³/mol. The third-order valence-electron chi connectivity index (χ3n) is 3.20. The lowest BCUT2D eigenvalue weighted by molar-refractivity contribution is -0.131. The predicted octanol–water partition coefficient (Wildman–Crippen LogP) is 0.531. The molecule has 2 atom stereocenters. The molecule has 2 N–H and O–H groups in total. The molecular weight excluding hydrogens is 218 g/mol. The summed E-state index contributed by atoms with van der Waals surface area (Å²) in [6, 6.07) is 9.42. The van der Waals surface area contributed by atoms with Crippen LogP contribution in [0.4, 0.5) is 0 Å². The van der Waals surface area contributed by atoms with Crippen LogP contribution in [-0.2, 0) is 11.3 Å². The van der Waals surface area contributed by atoms with Gasteiger partial charge in [0, 0.05) is 13.0 Å². The summed E-state index contributed by atoms with van der Waals surface area (Å²) in [5, 5.41) is 18.7. The molecule has 4 heteroatoms. The summed E-state index contributed by atoms with van der Waals surface area (Å²) < 4.78 is 0. The number of benzene rings is 1. The Kier molecular flexibility index (Phi) is 3.76. The Morgan fingerprint density at radius 3 is 2.71 bits per heavy atom. The first kappa shape index (κ1) is 12.1. The molecule has 1 aliphatic rings. The van der Waals surface area contributed by atoms with Crippen LogP contribution in [0.1, 0.15) is 18.4 Å². The average Bonchev–Trinajstić information content (AvgIpc) is 2.72. The van der Waals surface area contributed by atoms with Gasteiger partial charge in [-0.2, -0.15) is 0 Å². The Hall–Kier alpha value is -1.39. The Balaban J connectivity index is 2.09. The molecule has 0 radical (unpaired) electrons. The maximum absolute atomic E-state index is 11.7. The van der Waals surface area contributed by atoms with Crippen molar-refractivity contribution in [1.82, 2.24) is 4.90 Å². The lowest BCUT2D eigenvalue weighted by Gasteiger charge is -2.27. The Morgan fingerprint density at radius 1 is 1.35 bits per heavy atom. The second-order valence-electron chi connectivity index (χ2n) is 4.36. The summed E-state index contributed by atoms with van der Waals surface area (Å²) in [5.74, 6) is 0.0475. The molecule has 0 aliphatic carbocycles. The van der Waals surface area contributed by atoms with Crippen molar-refractivity contribution >= 4 is 5.91 Å². The molecule has 1 heterocycles. The fraction of sp³-hybridized carbons (Fsp3) is 0.462. The number of carbonyl (C=O) groups excluding carboxylic acids is 1. The van der Waals surface area contributed by atoms with Crippen LogP contribution in [0.15, 0.2) is 30.3 Å². The topological polar surface area (TPSA) is 60.8 Å². The summed E-state index contributed by atoms with van der Waals surface area (Å²) in [4.78, 5) is 13.4. The molecule has 0 saturated carbocycles. The van der Waals surface area contributed by atoms with E-state index < -0.39 is 6.10 Å². The third-order valence-corrected chi connectivity index (χ3v) is 3.20. The number of carbonyl (C=O) groups is 1. The zero-order valence-electron chi connectivity index (χ0n) is 9.62. The second kappa shape index (κ2) is 5.29. The molecule has 1 aromatic rings. The van der Waals surface area contributed by atoms with Crippen molar-refractivity contribution in [1.29, 1.82) is 0 Å². The molecule has 2 rings (SSSR count). The summed E-state index contributed by atoms with van der Waals surface area (Å²) in [5.41, 5.74) is 1.04. The minimum Gasteiger partial charge on any atom is -0.394 e. The Bertz CT molecular complexity index is 380. The van der Waals surface area contributed by atoms with Crippen molar-refractivity contribution in [3.05, 3.63) is 35.9 Å². The largest absolute Gasteiger partial charge is 0.394 e. The highest BCUT2D eigenvalue weighted by molar-refractivity contribution is 5.78. The van der Waals surface area contributed by atoms with Crippen LogP contribution >= 0.6 is 0 Å². The number of hydrogen-bond donors (Lipinski definition) is 2. The number of aliphatic hydroxyl groups is 2. The highest BCUT2D eigenvalue weighted by Gasteiger charge is 2.35. The molecule has 0 aromatic heterocycles. The maximum atomic E-state index is 11.7. The molecule has 0 spiro atoms. The van der Waals surface area contributed by atoms with Crippen molar-refractivity contribution < 1.29 is 15.0 Å². The van der Waals surface area contributed by atoms with Crippen LogP contribution in [0.3, 0.4) is 0 Å². The van der Waals surface area contributed by atoms with E-state index in [0.717, 1.165) is 5.56 Å². The molecule has 2 unspecified atom stereocenters. The SMILES string of the molecule is O=C1CCC(C(O)CO)N1Cc1ccccc1. The van der Waals surface area contributed by atoms with Gasteiger partial charge in [-0.3, -0.25) is 4.79 Å². The minimum absolute atomic E-state index is 0.0475. The standard InChI is InChI=1S/C13H17NO3/c15-9-12(16)11-6-7-13(17)14(11)8-10-4-2-1-3-5-10/h1-5,11-12,15-16H,6-9H2. The Morgan fingerprint density at radius 2 is 2.06 bits per heavy atom. The smallest absolute Gasteiger partial charge is 0.223 e. The van der Waals surface area contributed by atoms with Gasteiger partial charge in [0.1, 0.15) is 0 Å². The minimum atomic E-state index is -0.842. The molecule has 4 nitrogen and oxygen atoms in total. The lowest BCUT2D eigenvalue weighted by atomic mass is 10.1. The first-order valence-corrected chi connectivity index (χ1v) is 5.84. The van der Waals surface area contributed by atoms with E-state index in [-0.39, 0.29) is 18.6 Å². The fourth-order valence-electron chi connectivity index (χ4n) is 2.26. The number of aliphatic hydroxyl groups excluding tert-OH is 2. The quantitative estimate of drug-likeness (QED) is 0.800. The van der Waals surface area contributed by atoms with Crippen molar-refractivity contribution in [3.8, 4) is 0 Å². The summed E-state index contributed by atoms with van der Waals surface area (Å²) >= 11 is 0. The van der Waals surface area contributed by atoms with Crippen LogP contribution in [-0.4, -0.2) is 39.8 Å². The van der Waals surface area contributed by atoms with E-state index in [2.05, 4.69) is 0 Å². The zero-order chi connectivity index (χ0) is 12.3. The van der Waals surface area contributed by atoms with Crippen LogP contribution < -0.4 is 0 Å². The summed E-state index contributed by atoms with van der Waals surface area (Å²) in [6.45, 7) is 0.199. The van der Waals surface area contributed by atoms with Gasteiger partial charge in [-0.05, 0) is 12.0 Å². The van der Waals surface area contributed by atoms with E-state index in [1.54, 1.807) is 4.90 Å². The number of amides is 1.